The van der Waals surface area contributed by atoms with Gasteiger partial charge in [-0.05, 0) is 35.1 Å². The first-order valence-electron chi connectivity index (χ1n) is 8.76. The molecule has 0 aliphatic carbocycles. The highest BCUT2D eigenvalue weighted by molar-refractivity contribution is 5.95. The lowest BCUT2D eigenvalue weighted by molar-refractivity contribution is 0.972. The van der Waals surface area contributed by atoms with Gasteiger partial charge in [-0.3, -0.25) is 19.8 Å². The highest BCUT2D eigenvalue weighted by atomic mass is 16.1. The standard InChI is InChI=1S/C22H19N3O2/c23-20-17(12-15-9-5-2-6-10-15)13-16(11-14-7-3-1-4-8-14)18-19(20)22(27)25-24-21(18)26/h1-10,13H,11-12,23H2,(H,24,26)(H,25,27). The minimum Gasteiger partial charge on any atom is -0.398 e. The Morgan fingerprint density at radius 2 is 1.15 bits per heavy atom. The van der Waals surface area contributed by atoms with Crippen molar-refractivity contribution in [3.8, 4) is 0 Å². The second kappa shape index (κ2) is 6.96. The van der Waals surface area contributed by atoms with Crippen LogP contribution in [0.3, 0.4) is 0 Å². The fraction of sp³-hybridized carbons (Fsp3) is 0.0909. The monoisotopic (exact) mass is 357 g/mol. The SMILES string of the molecule is Nc1c(Cc2ccccc2)cc(Cc2ccccc2)c2c(=O)[nH][nH]c(=O)c12. The third-order valence-corrected chi connectivity index (χ3v) is 4.75. The van der Waals surface area contributed by atoms with Crippen LogP contribution in [0.25, 0.3) is 10.8 Å². The quantitative estimate of drug-likeness (QED) is 0.490. The second-order valence-corrected chi connectivity index (χ2v) is 6.59. The largest absolute Gasteiger partial charge is 0.398 e. The molecule has 4 rings (SSSR count). The van der Waals surface area contributed by atoms with Crippen LogP contribution in [-0.4, -0.2) is 10.2 Å². The maximum atomic E-state index is 12.5. The molecule has 0 aliphatic rings. The number of nitrogens with two attached hydrogens (primary N) is 1. The molecule has 1 heterocycles. The third-order valence-electron chi connectivity index (χ3n) is 4.75. The van der Waals surface area contributed by atoms with Crippen molar-refractivity contribution in [2.24, 2.45) is 0 Å². The van der Waals surface area contributed by atoms with E-state index in [-0.39, 0.29) is 16.5 Å². The van der Waals surface area contributed by atoms with E-state index in [0.717, 1.165) is 22.3 Å². The van der Waals surface area contributed by atoms with Crippen LogP contribution in [-0.2, 0) is 12.8 Å². The summed E-state index contributed by atoms with van der Waals surface area (Å²) in [6, 6.07) is 21.7. The number of H-pyrrole nitrogens is 2. The molecule has 3 aromatic carbocycles. The number of anilines is 1. The summed E-state index contributed by atoms with van der Waals surface area (Å²) in [5.41, 5.74) is 9.76. The van der Waals surface area contributed by atoms with Gasteiger partial charge in [0.25, 0.3) is 11.1 Å². The van der Waals surface area contributed by atoms with E-state index in [0.29, 0.717) is 23.9 Å². The van der Waals surface area contributed by atoms with Crippen LogP contribution in [0.1, 0.15) is 22.3 Å². The molecule has 5 nitrogen and oxygen atoms in total. The van der Waals surface area contributed by atoms with Crippen LogP contribution in [0, 0.1) is 0 Å². The van der Waals surface area contributed by atoms with E-state index >= 15 is 0 Å². The van der Waals surface area contributed by atoms with Crippen molar-refractivity contribution in [3.63, 3.8) is 0 Å². The Morgan fingerprint density at radius 3 is 1.70 bits per heavy atom. The predicted octanol–water partition coefficient (Wildman–Crippen LogP) is 2.98. The Labute approximate surface area is 155 Å². The van der Waals surface area contributed by atoms with Crippen LogP contribution in [0.2, 0.25) is 0 Å². The van der Waals surface area contributed by atoms with Gasteiger partial charge in [-0.2, -0.15) is 0 Å². The summed E-state index contributed by atoms with van der Waals surface area (Å²) in [5.74, 6) is 0. The first-order valence-corrected chi connectivity index (χ1v) is 8.76. The first-order chi connectivity index (χ1) is 13.1. The van der Waals surface area contributed by atoms with Gasteiger partial charge in [0.2, 0.25) is 0 Å². The molecule has 0 saturated carbocycles. The van der Waals surface area contributed by atoms with E-state index < -0.39 is 0 Å². The van der Waals surface area contributed by atoms with Crippen LogP contribution in [0.4, 0.5) is 5.69 Å². The van der Waals surface area contributed by atoms with Gasteiger partial charge in [0.15, 0.2) is 0 Å². The summed E-state index contributed by atoms with van der Waals surface area (Å²) in [5, 5.41) is 5.43. The number of fused-ring (bicyclic) bond motifs is 1. The normalized spacial score (nSPS) is 11.0. The third kappa shape index (κ3) is 3.27. The van der Waals surface area contributed by atoms with Gasteiger partial charge in [-0.25, -0.2) is 0 Å². The van der Waals surface area contributed by atoms with E-state index in [1.54, 1.807) is 0 Å². The van der Waals surface area contributed by atoms with Crippen molar-refractivity contribution in [2.45, 2.75) is 12.8 Å². The zero-order valence-electron chi connectivity index (χ0n) is 14.7. The van der Waals surface area contributed by atoms with Gasteiger partial charge < -0.3 is 5.73 Å². The van der Waals surface area contributed by atoms with Crippen molar-refractivity contribution in [1.82, 2.24) is 10.2 Å². The Bertz CT molecular complexity index is 1210. The number of aromatic amines is 2. The molecule has 27 heavy (non-hydrogen) atoms. The molecule has 1 aromatic heterocycles. The summed E-state index contributed by atoms with van der Waals surface area (Å²) in [7, 11) is 0. The molecular weight excluding hydrogens is 338 g/mol. The first kappa shape index (κ1) is 16.8. The van der Waals surface area contributed by atoms with Gasteiger partial charge in [-0.1, -0.05) is 66.7 Å². The van der Waals surface area contributed by atoms with E-state index in [1.165, 1.54) is 0 Å². The number of benzene rings is 3. The predicted molar refractivity (Wildman–Crippen MR) is 108 cm³/mol. The molecule has 0 saturated heterocycles. The van der Waals surface area contributed by atoms with Gasteiger partial charge in [0.05, 0.1) is 10.8 Å². The summed E-state index contributed by atoms with van der Waals surface area (Å²) < 4.78 is 0. The fourth-order valence-electron chi connectivity index (χ4n) is 3.47. The molecule has 4 aromatic rings. The summed E-state index contributed by atoms with van der Waals surface area (Å²) in [4.78, 5) is 24.9. The smallest absolute Gasteiger partial charge is 0.272 e. The van der Waals surface area contributed by atoms with Crippen molar-refractivity contribution in [2.75, 3.05) is 5.73 Å². The van der Waals surface area contributed by atoms with Crippen LogP contribution < -0.4 is 16.9 Å². The molecule has 0 aliphatic heterocycles. The second-order valence-electron chi connectivity index (χ2n) is 6.59. The van der Waals surface area contributed by atoms with Crippen LogP contribution >= 0.6 is 0 Å². The number of hydrogen-bond donors (Lipinski definition) is 3. The maximum Gasteiger partial charge on any atom is 0.272 e. The Kier molecular flexibility index (Phi) is 4.34. The molecule has 0 atom stereocenters. The van der Waals surface area contributed by atoms with E-state index in [1.807, 2.05) is 66.7 Å². The van der Waals surface area contributed by atoms with Crippen LogP contribution in [0.5, 0.6) is 0 Å². The molecule has 5 heteroatoms. The Hall–Kier alpha value is -3.60. The highest BCUT2D eigenvalue weighted by Crippen LogP contribution is 2.27. The summed E-state index contributed by atoms with van der Waals surface area (Å²) in [6.07, 6.45) is 1.14. The topological polar surface area (TPSA) is 91.7 Å². The van der Waals surface area contributed by atoms with Gasteiger partial charge in [-0.15, -0.1) is 0 Å². The fourth-order valence-corrected chi connectivity index (χ4v) is 3.47. The molecular formula is C22H19N3O2. The molecule has 0 unspecified atom stereocenters. The number of rotatable bonds is 4. The summed E-state index contributed by atoms with van der Waals surface area (Å²) >= 11 is 0. The van der Waals surface area contributed by atoms with Crippen molar-refractivity contribution < 1.29 is 0 Å². The van der Waals surface area contributed by atoms with E-state index in [4.69, 9.17) is 5.73 Å². The van der Waals surface area contributed by atoms with Gasteiger partial charge in [0.1, 0.15) is 0 Å². The molecule has 0 radical (unpaired) electrons. The molecule has 134 valence electrons. The lowest BCUT2D eigenvalue weighted by atomic mass is 9.93. The highest BCUT2D eigenvalue weighted by Gasteiger charge is 2.16. The maximum absolute atomic E-state index is 12.5. The average Bonchev–Trinajstić information content (AvgIpc) is 2.69. The number of nitrogens with one attached hydrogen (secondary N) is 2. The number of nitrogen functional groups attached to an aromatic ring is 1. The Morgan fingerprint density at radius 1 is 0.667 bits per heavy atom. The minimum atomic E-state index is -0.383. The van der Waals surface area contributed by atoms with Crippen molar-refractivity contribution in [1.29, 1.82) is 0 Å². The minimum absolute atomic E-state index is 0.262. The number of hydrogen-bond acceptors (Lipinski definition) is 3. The molecule has 0 spiro atoms. The summed E-state index contributed by atoms with van der Waals surface area (Å²) in [6.45, 7) is 0. The van der Waals surface area contributed by atoms with Crippen LogP contribution in [0.15, 0.2) is 76.3 Å². The molecule has 0 bridgehead atoms. The molecule has 0 amide bonds. The van der Waals surface area contributed by atoms with E-state index in [9.17, 15) is 9.59 Å². The number of aromatic nitrogens is 2. The van der Waals surface area contributed by atoms with Crippen molar-refractivity contribution >= 4 is 16.5 Å². The Balaban J connectivity index is 1.94. The molecule has 4 N–H and O–H groups in total. The van der Waals surface area contributed by atoms with Crippen molar-refractivity contribution in [3.05, 3.63) is 110 Å². The zero-order valence-corrected chi connectivity index (χ0v) is 14.7. The lowest BCUT2D eigenvalue weighted by Crippen LogP contribution is -2.22. The van der Waals surface area contributed by atoms with E-state index in [2.05, 4.69) is 10.2 Å². The zero-order chi connectivity index (χ0) is 18.8. The van der Waals surface area contributed by atoms with Gasteiger partial charge in [0, 0.05) is 5.69 Å². The average molecular weight is 357 g/mol. The van der Waals surface area contributed by atoms with Gasteiger partial charge >= 0.3 is 0 Å². The molecule has 0 fully saturated rings. The lowest BCUT2D eigenvalue weighted by Gasteiger charge is -2.13.